The molecule has 186 valence electrons. The minimum atomic E-state index is -4.01. The fraction of sp³-hybridized carbons (Fsp3) is 0.167. The zero-order valence-electron chi connectivity index (χ0n) is 19.9. The van der Waals surface area contributed by atoms with E-state index in [2.05, 4.69) is 25.1 Å². The van der Waals surface area contributed by atoms with Gasteiger partial charge in [0.2, 0.25) is 11.8 Å². The third kappa shape index (κ3) is 5.31. The van der Waals surface area contributed by atoms with E-state index in [1.54, 1.807) is 19.2 Å². The van der Waals surface area contributed by atoms with Crippen LogP contribution in [0, 0.1) is 13.8 Å². The lowest BCUT2D eigenvalue weighted by Crippen LogP contribution is -2.18. The molecule has 12 heteroatoms. The first-order valence-electron chi connectivity index (χ1n) is 10.7. The Kier molecular flexibility index (Phi) is 6.95. The fourth-order valence-electron chi connectivity index (χ4n) is 3.58. The smallest absolute Gasteiger partial charge is 0.267 e. The van der Waals surface area contributed by atoms with E-state index >= 15 is 0 Å². The van der Waals surface area contributed by atoms with Crippen molar-refractivity contribution in [1.82, 2.24) is 25.1 Å². The second-order valence-electron chi connectivity index (χ2n) is 7.96. The van der Waals surface area contributed by atoms with Gasteiger partial charge in [0, 0.05) is 38.0 Å². The average Bonchev–Trinajstić information content (AvgIpc) is 3.25. The Morgan fingerprint density at radius 3 is 2.42 bits per heavy atom. The molecule has 0 radical (unpaired) electrons. The van der Waals surface area contributed by atoms with E-state index in [-0.39, 0.29) is 33.2 Å². The highest BCUT2D eigenvalue weighted by Gasteiger charge is 2.20. The number of ether oxygens (including phenoxy) is 1. The summed E-state index contributed by atoms with van der Waals surface area (Å²) in [7, 11) is -0.884. The molecule has 0 fully saturated rings. The average molecular weight is 527 g/mol. The van der Waals surface area contributed by atoms with Gasteiger partial charge in [-0.15, -0.1) is 0 Å². The van der Waals surface area contributed by atoms with E-state index in [9.17, 15) is 13.2 Å². The minimum absolute atomic E-state index is 0.0369. The van der Waals surface area contributed by atoms with Crippen molar-refractivity contribution < 1.29 is 17.9 Å². The molecule has 0 aliphatic carbocycles. The maximum Gasteiger partial charge on any atom is 0.267 e. The number of nitrogens with zero attached hydrogens (tertiary/aromatic N) is 4. The number of sulfonamides is 1. The molecule has 36 heavy (non-hydrogen) atoms. The van der Waals surface area contributed by atoms with Crippen molar-refractivity contribution in [2.75, 3.05) is 11.8 Å². The number of aromatic nitrogens is 4. The maximum atomic E-state index is 12.9. The summed E-state index contributed by atoms with van der Waals surface area (Å²) in [5, 5.41) is 6.62. The molecule has 2 aromatic heterocycles. The van der Waals surface area contributed by atoms with Crippen LogP contribution < -0.4 is 14.8 Å². The summed E-state index contributed by atoms with van der Waals surface area (Å²) in [5.74, 6) is -0.129. The topological polar surface area (TPSA) is 128 Å². The van der Waals surface area contributed by atoms with Gasteiger partial charge in [0.1, 0.15) is 10.6 Å². The van der Waals surface area contributed by atoms with Crippen LogP contribution in [0.4, 0.5) is 5.95 Å². The lowest BCUT2D eigenvalue weighted by molar-refractivity contribution is 0.0963. The van der Waals surface area contributed by atoms with Crippen molar-refractivity contribution in [3.05, 3.63) is 76.6 Å². The number of carbonyl (C=O) groups is 1. The predicted molar refractivity (Wildman–Crippen MR) is 136 cm³/mol. The minimum Gasteiger partial charge on any atom is -0.439 e. The molecule has 10 nitrogen and oxygen atoms in total. The van der Waals surface area contributed by atoms with E-state index in [4.69, 9.17) is 16.3 Å². The number of hydrogen-bond acceptors (Lipinski definition) is 7. The van der Waals surface area contributed by atoms with Crippen LogP contribution in [0.1, 0.15) is 21.5 Å². The summed E-state index contributed by atoms with van der Waals surface area (Å²) in [6.45, 7) is 3.86. The zero-order chi connectivity index (χ0) is 26.0. The standard InChI is InChI=1S/C24H23ClN6O4S/c1-14-6-5-7-15(2)22(14)20-11-21(35-16-8-9-18(19(25)10-16)23(32)26-3)29-24(28-20)30-36(33,34)17-12-27-31(4)13-17/h5-13H,1-4H3,(H,26,32)(H,28,29,30). The van der Waals surface area contributed by atoms with Gasteiger partial charge in [-0.05, 0) is 37.1 Å². The number of nitrogens with one attached hydrogen (secondary N) is 2. The monoisotopic (exact) mass is 526 g/mol. The Morgan fingerprint density at radius 1 is 1.08 bits per heavy atom. The van der Waals surface area contributed by atoms with E-state index in [0.29, 0.717) is 11.4 Å². The Balaban J connectivity index is 1.77. The van der Waals surface area contributed by atoms with Gasteiger partial charge in [-0.3, -0.25) is 9.48 Å². The molecular weight excluding hydrogens is 504 g/mol. The van der Waals surface area contributed by atoms with Crippen molar-refractivity contribution in [3.63, 3.8) is 0 Å². The third-order valence-electron chi connectivity index (χ3n) is 5.29. The number of aryl methyl sites for hydroxylation is 3. The molecule has 0 spiro atoms. The van der Waals surface area contributed by atoms with Crippen molar-refractivity contribution >= 4 is 33.5 Å². The van der Waals surface area contributed by atoms with Crippen LogP contribution in [0.3, 0.4) is 0 Å². The Labute approximate surface area is 213 Å². The molecule has 0 unspecified atom stereocenters. The molecule has 0 saturated heterocycles. The predicted octanol–water partition coefficient (Wildman–Crippen LogP) is 4.10. The fourth-order valence-corrected chi connectivity index (χ4v) is 4.77. The molecule has 0 saturated carbocycles. The third-order valence-corrected chi connectivity index (χ3v) is 6.89. The summed E-state index contributed by atoms with van der Waals surface area (Å²) >= 11 is 6.25. The van der Waals surface area contributed by atoms with Crippen LogP contribution >= 0.6 is 11.6 Å². The summed E-state index contributed by atoms with van der Waals surface area (Å²) in [6.07, 6.45) is 2.59. The summed E-state index contributed by atoms with van der Waals surface area (Å²) in [5.41, 5.74) is 3.46. The van der Waals surface area contributed by atoms with Crippen LogP contribution in [0.5, 0.6) is 11.6 Å². The van der Waals surface area contributed by atoms with Gasteiger partial charge in [0.05, 0.1) is 22.5 Å². The first-order valence-corrected chi connectivity index (χ1v) is 12.6. The maximum absolute atomic E-state index is 12.9. The number of amides is 1. The zero-order valence-corrected chi connectivity index (χ0v) is 21.5. The van der Waals surface area contributed by atoms with Gasteiger partial charge in [-0.2, -0.15) is 10.1 Å². The largest absolute Gasteiger partial charge is 0.439 e. The number of rotatable bonds is 7. The summed E-state index contributed by atoms with van der Waals surface area (Å²) in [4.78, 5) is 20.6. The van der Waals surface area contributed by atoms with Crippen molar-refractivity contribution in [2.45, 2.75) is 18.7 Å². The molecule has 4 aromatic rings. The highest BCUT2D eigenvalue weighted by atomic mass is 35.5. The second kappa shape index (κ2) is 9.96. The van der Waals surface area contributed by atoms with Gasteiger partial charge < -0.3 is 10.1 Å². The molecule has 0 aliphatic rings. The van der Waals surface area contributed by atoms with Crippen molar-refractivity contribution in [2.24, 2.45) is 7.05 Å². The summed E-state index contributed by atoms with van der Waals surface area (Å²) < 4.78 is 35.5. The van der Waals surface area contributed by atoms with Crippen LogP contribution in [-0.2, 0) is 17.1 Å². The lowest BCUT2D eigenvalue weighted by atomic mass is 10.00. The number of benzene rings is 2. The second-order valence-corrected chi connectivity index (χ2v) is 10.0. The molecule has 1 amide bonds. The van der Waals surface area contributed by atoms with E-state index in [0.717, 1.165) is 16.7 Å². The number of halogens is 1. The van der Waals surface area contributed by atoms with E-state index < -0.39 is 10.0 Å². The van der Waals surface area contributed by atoms with Crippen LogP contribution in [0.15, 0.2) is 59.8 Å². The molecule has 2 N–H and O–H groups in total. The molecule has 0 bridgehead atoms. The Morgan fingerprint density at radius 2 is 1.81 bits per heavy atom. The van der Waals surface area contributed by atoms with Crippen LogP contribution in [0.2, 0.25) is 5.02 Å². The quantitative estimate of drug-likeness (QED) is 0.371. The van der Waals surface area contributed by atoms with Gasteiger partial charge in [0.25, 0.3) is 15.9 Å². The molecule has 0 atom stereocenters. The normalized spacial score (nSPS) is 11.2. The molecule has 4 rings (SSSR count). The van der Waals surface area contributed by atoms with Gasteiger partial charge >= 0.3 is 0 Å². The summed E-state index contributed by atoms with van der Waals surface area (Å²) in [6, 6.07) is 12.0. The number of carbonyl (C=O) groups excluding carboxylic acids is 1. The number of anilines is 1. The Hall–Kier alpha value is -3.96. The first-order chi connectivity index (χ1) is 17.1. The molecule has 2 aromatic carbocycles. The molecule has 0 aliphatic heterocycles. The van der Waals surface area contributed by atoms with Crippen LogP contribution in [-0.4, -0.2) is 41.1 Å². The van der Waals surface area contributed by atoms with E-state index in [1.165, 1.54) is 36.3 Å². The van der Waals surface area contributed by atoms with Gasteiger partial charge in [-0.1, -0.05) is 29.8 Å². The Bertz CT molecular complexity index is 1550. The lowest BCUT2D eigenvalue weighted by Gasteiger charge is -2.14. The SMILES string of the molecule is CNC(=O)c1ccc(Oc2cc(-c3c(C)cccc3C)nc(NS(=O)(=O)c3cnn(C)c3)n2)cc1Cl. The van der Waals surface area contributed by atoms with E-state index in [1.807, 2.05) is 32.0 Å². The van der Waals surface area contributed by atoms with Gasteiger partial charge in [0.15, 0.2) is 0 Å². The molecular formula is C24H23ClN6O4S. The van der Waals surface area contributed by atoms with Crippen molar-refractivity contribution in [1.29, 1.82) is 0 Å². The molecule has 2 heterocycles. The number of hydrogen-bond donors (Lipinski definition) is 2. The highest BCUT2D eigenvalue weighted by Crippen LogP contribution is 2.32. The van der Waals surface area contributed by atoms with Gasteiger partial charge in [-0.25, -0.2) is 18.1 Å². The van der Waals surface area contributed by atoms with Crippen molar-refractivity contribution in [3.8, 4) is 22.9 Å². The van der Waals surface area contributed by atoms with Crippen LogP contribution in [0.25, 0.3) is 11.3 Å². The first kappa shape index (κ1) is 25.1. The highest BCUT2D eigenvalue weighted by molar-refractivity contribution is 7.92.